The lowest BCUT2D eigenvalue weighted by atomic mass is 9.90. The van der Waals surface area contributed by atoms with Crippen molar-refractivity contribution in [2.45, 2.75) is 72.6 Å². The van der Waals surface area contributed by atoms with Gasteiger partial charge in [0.1, 0.15) is 0 Å². The molecule has 2 aromatic rings. The van der Waals surface area contributed by atoms with Crippen LogP contribution in [0.1, 0.15) is 72.1 Å². The molecule has 1 aliphatic rings. The van der Waals surface area contributed by atoms with Crippen LogP contribution in [0.15, 0.2) is 47.4 Å². The highest BCUT2D eigenvalue weighted by molar-refractivity contribution is 8.10. The molecule has 0 N–H and O–H groups in total. The molecule has 2 aromatic carbocycles. The predicted molar refractivity (Wildman–Crippen MR) is 138 cm³/mol. The largest absolute Gasteiger partial charge is 0.265 e. The molecule has 0 aliphatic heterocycles. The maximum Gasteiger partial charge on any atom is 0.207 e. The van der Waals surface area contributed by atoms with Crippen LogP contribution in [-0.4, -0.2) is 11.5 Å². The monoisotopic (exact) mass is 449 g/mol. The second-order valence-corrected chi connectivity index (χ2v) is 9.85. The lowest BCUT2D eigenvalue weighted by Gasteiger charge is -2.17. The van der Waals surface area contributed by atoms with Gasteiger partial charge in [-0.25, -0.2) is 0 Å². The Morgan fingerprint density at radius 2 is 1.75 bits per heavy atom. The average Bonchev–Trinajstić information content (AvgIpc) is 2.77. The first-order valence-electron chi connectivity index (χ1n) is 11.7. The third-order valence-electron chi connectivity index (χ3n) is 6.24. The Balaban J connectivity index is 1.72. The van der Waals surface area contributed by atoms with Crippen LogP contribution >= 0.6 is 11.8 Å². The van der Waals surface area contributed by atoms with Crippen molar-refractivity contribution in [1.82, 2.24) is 0 Å². The quantitative estimate of drug-likeness (QED) is 0.292. The molecule has 4 heteroatoms. The molecule has 3 nitrogen and oxygen atoms in total. The lowest BCUT2D eigenvalue weighted by molar-refractivity contribution is -0.479. The van der Waals surface area contributed by atoms with E-state index in [-0.39, 0.29) is 11.5 Å². The van der Waals surface area contributed by atoms with Crippen molar-refractivity contribution >= 4 is 16.7 Å². The minimum Gasteiger partial charge on any atom is -0.265 e. The number of rotatable bonds is 9. The Morgan fingerprint density at radius 1 is 1.06 bits per heavy atom. The molecule has 0 spiro atoms. The summed E-state index contributed by atoms with van der Waals surface area (Å²) in [5.74, 6) is 0. The molecular formula is C28H35NO2S. The van der Waals surface area contributed by atoms with E-state index in [0.29, 0.717) is 6.42 Å². The van der Waals surface area contributed by atoms with Gasteiger partial charge in [-0.1, -0.05) is 60.7 Å². The van der Waals surface area contributed by atoms with E-state index in [1.165, 1.54) is 64.0 Å². The molecule has 0 saturated heterocycles. The number of hydrogen-bond donors (Lipinski definition) is 0. The minimum absolute atomic E-state index is 0.00949. The van der Waals surface area contributed by atoms with Gasteiger partial charge < -0.3 is 0 Å². The molecule has 170 valence electrons. The number of allylic oxidation sites excluding steroid dienone is 2. The zero-order valence-electron chi connectivity index (χ0n) is 19.9. The molecule has 0 heterocycles. The van der Waals surface area contributed by atoms with Crippen LogP contribution in [0.4, 0.5) is 0 Å². The summed E-state index contributed by atoms with van der Waals surface area (Å²) < 4.78 is 0. The Morgan fingerprint density at radius 3 is 2.47 bits per heavy atom. The fourth-order valence-corrected chi connectivity index (χ4v) is 5.36. The summed E-state index contributed by atoms with van der Waals surface area (Å²) in [5.41, 5.74) is 10.5. The van der Waals surface area contributed by atoms with Crippen molar-refractivity contribution in [1.29, 1.82) is 0 Å². The van der Waals surface area contributed by atoms with Gasteiger partial charge in [-0.05, 0) is 104 Å². The van der Waals surface area contributed by atoms with E-state index in [1.807, 2.05) is 11.8 Å². The minimum atomic E-state index is -0.239. The molecule has 0 bridgehead atoms. The number of nitrogens with zero attached hydrogens (tertiary/aromatic N) is 1. The molecule has 0 aromatic heterocycles. The summed E-state index contributed by atoms with van der Waals surface area (Å²) in [6, 6.07) is 11.4. The number of nitro groups is 1. The second-order valence-electron chi connectivity index (χ2n) is 8.94. The van der Waals surface area contributed by atoms with Gasteiger partial charge in [0, 0.05) is 16.2 Å². The van der Waals surface area contributed by atoms with Gasteiger partial charge >= 0.3 is 0 Å². The number of thioether (sulfide) groups is 1. The fourth-order valence-electron chi connectivity index (χ4n) is 4.42. The van der Waals surface area contributed by atoms with Crippen LogP contribution in [0.3, 0.4) is 0 Å². The summed E-state index contributed by atoms with van der Waals surface area (Å²) in [6.07, 6.45) is 9.80. The molecule has 3 rings (SSSR count). The maximum atomic E-state index is 10.7. The van der Waals surface area contributed by atoms with Crippen molar-refractivity contribution in [2.75, 3.05) is 6.54 Å². The van der Waals surface area contributed by atoms with Gasteiger partial charge in [0.15, 0.2) is 0 Å². The van der Waals surface area contributed by atoms with Crippen LogP contribution < -0.4 is 0 Å². The summed E-state index contributed by atoms with van der Waals surface area (Å²) in [6.45, 7) is 8.55. The first-order valence-corrected chi connectivity index (χ1v) is 12.6. The first-order chi connectivity index (χ1) is 15.4. The van der Waals surface area contributed by atoms with Crippen molar-refractivity contribution in [3.8, 4) is 0 Å². The molecule has 0 atom stereocenters. The molecular weight excluding hydrogens is 414 g/mol. The summed E-state index contributed by atoms with van der Waals surface area (Å²) in [4.78, 5) is 11.8. The third-order valence-corrected chi connectivity index (χ3v) is 7.41. The number of fused-ring (bicyclic) bond motifs is 1. The maximum absolute atomic E-state index is 10.7. The van der Waals surface area contributed by atoms with E-state index in [4.69, 9.17) is 0 Å². The highest BCUT2D eigenvalue weighted by Crippen LogP contribution is 2.33. The van der Waals surface area contributed by atoms with Crippen molar-refractivity contribution in [3.63, 3.8) is 0 Å². The Labute approximate surface area is 197 Å². The van der Waals surface area contributed by atoms with Crippen molar-refractivity contribution in [2.24, 2.45) is 0 Å². The van der Waals surface area contributed by atoms with Crippen LogP contribution in [0, 0.1) is 24.0 Å². The normalized spacial score (nSPS) is 14.4. The predicted octanol–water partition coefficient (Wildman–Crippen LogP) is 7.63. The van der Waals surface area contributed by atoms with Crippen LogP contribution in [0.2, 0.25) is 0 Å². The lowest BCUT2D eigenvalue weighted by Crippen LogP contribution is -2.06. The SMILES string of the molecule is CC/C=C(\S/C=C(\C)Cc1cc(C)c(CC[N+](=O)[O-])cc1C)c1ccc2c(c1)CCCC2. The Kier molecular flexibility index (Phi) is 8.75. The van der Waals surface area contributed by atoms with E-state index < -0.39 is 0 Å². The van der Waals surface area contributed by atoms with Crippen LogP contribution in [0.5, 0.6) is 0 Å². The van der Waals surface area contributed by atoms with Crippen LogP contribution in [0.25, 0.3) is 4.91 Å². The fraction of sp³-hybridized carbons (Fsp3) is 0.429. The zero-order chi connectivity index (χ0) is 23.1. The molecule has 0 amide bonds. The van der Waals surface area contributed by atoms with E-state index in [9.17, 15) is 10.1 Å². The summed E-state index contributed by atoms with van der Waals surface area (Å²) >= 11 is 1.83. The summed E-state index contributed by atoms with van der Waals surface area (Å²) in [7, 11) is 0. The number of hydrogen-bond acceptors (Lipinski definition) is 3. The van der Waals surface area contributed by atoms with Gasteiger partial charge in [-0.3, -0.25) is 10.1 Å². The Bertz CT molecular complexity index is 1040. The molecule has 0 fully saturated rings. The first kappa shape index (κ1) is 24.3. The van der Waals surface area contributed by atoms with E-state index in [1.54, 1.807) is 0 Å². The molecule has 32 heavy (non-hydrogen) atoms. The van der Waals surface area contributed by atoms with Crippen molar-refractivity contribution < 1.29 is 4.92 Å². The molecule has 0 saturated carbocycles. The van der Waals surface area contributed by atoms with Gasteiger partial charge in [-0.15, -0.1) is 0 Å². The van der Waals surface area contributed by atoms with Crippen LogP contribution in [-0.2, 0) is 25.7 Å². The standard InChI is InChI=1S/C28H35NO2S/c1-5-8-28(26-12-11-23-9-6-7-10-25(23)18-26)32-19-20(2)15-27-17-21(3)24(16-22(27)4)13-14-29(30)31/h8,11-12,16-19H,5-7,9-10,13-15H2,1-4H3/b20-19+,28-8-. The Hall–Kier alpha value is -2.33. The van der Waals surface area contributed by atoms with Gasteiger partial charge in [0.2, 0.25) is 6.54 Å². The topological polar surface area (TPSA) is 43.1 Å². The van der Waals surface area contributed by atoms with E-state index in [2.05, 4.69) is 69.5 Å². The van der Waals surface area contributed by atoms with Gasteiger partial charge in [-0.2, -0.15) is 0 Å². The molecule has 1 aliphatic carbocycles. The van der Waals surface area contributed by atoms with E-state index >= 15 is 0 Å². The number of benzene rings is 2. The summed E-state index contributed by atoms with van der Waals surface area (Å²) in [5, 5.41) is 13.0. The van der Waals surface area contributed by atoms with Crippen molar-refractivity contribution in [3.05, 3.63) is 96.4 Å². The molecule has 0 unspecified atom stereocenters. The highest BCUT2D eigenvalue weighted by Gasteiger charge is 2.12. The van der Waals surface area contributed by atoms with Gasteiger partial charge in [0.25, 0.3) is 0 Å². The highest BCUT2D eigenvalue weighted by atomic mass is 32.2. The number of aryl methyl sites for hydroxylation is 4. The van der Waals surface area contributed by atoms with Gasteiger partial charge in [0.05, 0.1) is 0 Å². The van der Waals surface area contributed by atoms with E-state index in [0.717, 1.165) is 24.0 Å². The third kappa shape index (κ3) is 6.59. The average molecular weight is 450 g/mol. The second kappa shape index (κ2) is 11.5. The molecule has 0 radical (unpaired) electrons. The zero-order valence-corrected chi connectivity index (χ0v) is 20.7. The smallest absolute Gasteiger partial charge is 0.207 e.